The van der Waals surface area contributed by atoms with Gasteiger partial charge in [-0.15, -0.1) is 0 Å². The molecule has 0 saturated heterocycles. The number of anilines is 3. The smallest absolute Gasteiger partial charge is 0.326 e. The Morgan fingerprint density at radius 2 is 2.21 bits per heavy atom. The molecular formula is C14H14N4O. The summed E-state index contributed by atoms with van der Waals surface area (Å²) in [7, 11) is 0. The largest absolute Gasteiger partial charge is 0.398 e. The first kappa shape index (κ1) is 11.5. The molecule has 5 heteroatoms. The fourth-order valence-electron chi connectivity index (χ4n) is 2.30. The second kappa shape index (κ2) is 4.61. The van der Waals surface area contributed by atoms with Gasteiger partial charge in [0.15, 0.2) is 0 Å². The predicted molar refractivity (Wildman–Crippen MR) is 75.2 cm³/mol. The number of aromatic nitrogens is 1. The number of nitrogens with two attached hydrogens (primary N) is 1. The van der Waals surface area contributed by atoms with Crippen molar-refractivity contribution in [1.82, 2.24) is 4.98 Å². The normalized spacial score (nSPS) is 13.2. The van der Waals surface area contributed by atoms with Gasteiger partial charge in [-0.2, -0.15) is 0 Å². The monoisotopic (exact) mass is 254 g/mol. The van der Waals surface area contributed by atoms with Gasteiger partial charge < -0.3 is 11.1 Å². The number of hydrogen-bond donors (Lipinski definition) is 2. The van der Waals surface area contributed by atoms with Crippen LogP contribution >= 0.6 is 0 Å². The third kappa shape index (κ3) is 2.10. The molecule has 0 fully saturated rings. The molecular weight excluding hydrogens is 240 g/mol. The maximum Gasteiger partial charge on any atom is 0.326 e. The van der Waals surface area contributed by atoms with E-state index in [1.807, 2.05) is 18.2 Å². The summed E-state index contributed by atoms with van der Waals surface area (Å²) < 4.78 is 0. The highest BCUT2D eigenvalue weighted by Crippen LogP contribution is 2.32. The van der Waals surface area contributed by atoms with E-state index in [1.165, 1.54) is 0 Å². The predicted octanol–water partition coefficient (Wildman–Crippen LogP) is 2.26. The molecule has 96 valence electrons. The first-order valence-electron chi connectivity index (χ1n) is 6.11. The summed E-state index contributed by atoms with van der Waals surface area (Å²) in [5.41, 5.74) is 9.28. The first-order valence-corrected chi connectivity index (χ1v) is 6.11. The highest BCUT2D eigenvalue weighted by Gasteiger charge is 2.25. The minimum absolute atomic E-state index is 0.155. The second-order valence-electron chi connectivity index (χ2n) is 4.42. The van der Waals surface area contributed by atoms with E-state index in [0.717, 1.165) is 23.4 Å². The van der Waals surface area contributed by atoms with Crippen LogP contribution in [-0.2, 0) is 6.42 Å². The lowest BCUT2D eigenvalue weighted by atomic mass is 10.1. The average molecular weight is 254 g/mol. The van der Waals surface area contributed by atoms with E-state index in [1.54, 1.807) is 29.4 Å². The first-order chi connectivity index (χ1) is 9.25. The van der Waals surface area contributed by atoms with Crippen LogP contribution in [0.4, 0.5) is 21.9 Å². The Kier molecular flexibility index (Phi) is 2.79. The molecule has 2 heterocycles. The molecule has 0 saturated carbocycles. The number of urea groups is 1. The molecule has 5 nitrogen and oxygen atoms in total. The number of amides is 2. The van der Waals surface area contributed by atoms with E-state index < -0.39 is 0 Å². The molecule has 3 rings (SSSR count). The molecule has 1 aliphatic rings. The summed E-state index contributed by atoms with van der Waals surface area (Å²) >= 11 is 0. The number of carbonyl (C=O) groups is 1. The number of pyridine rings is 1. The summed E-state index contributed by atoms with van der Waals surface area (Å²) in [6.07, 6.45) is 4.08. The molecule has 0 spiro atoms. The molecule has 0 atom stereocenters. The van der Waals surface area contributed by atoms with Crippen LogP contribution in [0, 0.1) is 0 Å². The molecule has 19 heavy (non-hydrogen) atoms. The van der Waals surface area contributed by atoms with E-state index in [4.69, 9.17) is 5.73 Å². The van der Waals surface area contributed by atoms with E-state index in [2.05, 4.69) is 10.3 Å². The fraction of sp³-hybridized carbons (Fsp3) is 0.143. The number of benzene rings is 1. The zero-order valence-corrected chi connectivity index (χ0v) is 10.3. The van der Waals surface area contributed by atoms with Crippen molar-refractivity contribution in [2.75, 3.05) is 22.5 Å². The molecule has 2 aromatic rings. The van der Waals surface area contributed by atoms with Crippen molar-refractivity contribution in [2.45, 2.75) is 6.42 Å². The van der Waals surface area contributed by atoms with Crippen molar-refractivity contribution in [3.8, 4) is 0 Å². The van der Waals surface area contributed by atoms with E-state index in [-0.39, 0.29) is 6.03 Å². The van der Waals surface area contributed by atoms with Crippen LogP contribution in [0.2, 0.25) is 0 Å². The number of rotatable bonds is 1. The van der Waals surface area contributed by atoms with E-state index in [9.17, 15) is 4.79 Å². The number of hydrogen-bond acceptors (Lipinski definition) is 3. The van der Waals surface area contributed by atoms with Crippen LogP contribution in [0.1, 0.15) is 5.56 Å². The second-order valence-corrected chi connectivity index (χ2v) is 4.42. The summed E-state index contributed by atoms with van der Waals surface area (Å²) in [6.45, 7) is 0.648. The Morgan fingerprint density at radius 1 is 1.32 bits per heavy atom. The topological polar surface area (TPSA) is 71.2 Å². The van der Waals surface area contributed by atoms with Gasteiger partial charge >= 0.3 is 6.03 Å². The molecule has 0 aliphatic carbocycles. The number of nitrogens with zero attached hydrogens (tertiary/aromatic N) is 2. The van der Waals surface area contributed by atoms with Crippen molar-refractivity contribution >= 4 is 23.1 Å². The van der Waals surface area contributed by atoms with Gasteiger partial charge in [0, 0.05) is 24.0 Å². The van der Waals surface area contributed by atoms with Crippen molar-refractivity contribution in [1.29, 1.82) is 0 Å². The SMILES string of the molecule is Nc1cccc2c1CCN2C(=O)Nc1cccnc1. The zero-order chi connectivity index (χ0) is 13.2. The Hall–Kier alpha value is -2.56. The van der Waals surface area contributed by atoms with Gasteiger partial charge in [-0.3, -0.25) is 9.88 Å². The molecule has 0 radical (unpaired) electrons. The molecule has 0 unspecified atom stereocenters. The Balaban J connectivity index is 1.82. The van der Waals surface area contributed by atoms with Gasteiger partial charge in [0.05, 0.1) is 17.6 Å². The minimum atomic E-state index is -0.155. The van der Waals surface area contributed by atoms with Crippen LogP contribution in [-0.4, -0.2) is 17.6 Å². The average Bonchev–Trinajstić information content (AvgIpc) is 2.85. The molecule has 3 N–H and O–H groups in total. The highest BCUT2D eigenvalue weighted by molar-refractivity contribution is 6.03. The summed E-state index contributed by atoms with van der Waals surface area (Å²) in [6, 6.07) is 9.08. The van der Waals surface area contributed by atoms with Gasteiger partial charge in [0.1, 0.15) is 0 Å². The molecule has 1 aliphatic heterocycles. The Morgan fingerprint density at radius 3 is 3.00 bits per heavy atom. The quantitative estimate of drug-likeness (QED) is 0.767. The summed E-state index contributed by atoms with van der Waals surface area (Å²) in [4.78, 5) is 17.9. The lowest BCUT2D eigenvalue weighted by Gasteiger charge is -2.18. The van der Waals surface area contributed by atoms with Gasteiger partial charge in [-0.1, -0.05) is 6.07 Å². The van der Waals surface area contributed by atoms with Gasteiger partial charge in [-0.25, -0.2) is 4.79 Å². The van der Waals surface area contributed by atoms with Crippen LogP contribution in [0.3, 0.4) is 0 Å². The number of nitrogen functional groups attached to an aromatic ring is 1. The number of fused-ring (bicyclic) bond motifs is 1. The van der Waals surface area contributed by atoms with Crippen molar-refractivity contribution < 1.29 is 4.79 Å². The summed E-state index contributed by atoms with van der Waals surface area (Å²) in [5, 5.41) is 2.83. The Bertz CT molecular complexity index is 612. The number of nitrogens with one attached hydrogen (secondary N) is 1. The Labute approximate surface area is 111 Å². The van der Waals surface area contributed by atoms with Crippen LogP contribution in [0.25, 0.3) is 0 Å². The van der Waals surface area contributed by atoms with Crippen LogP contribution < -0.4 is 16.0 Å². The molecule has 2 amide bonds. The summed E-state index contributed by atoms with van der Waals surface area (Å²) in [5.74, 6) is 0. The fourth-order valence-corrected chi connectivity index (χ4v) is 2.30. The maximum absolute atomic E-state index is 12.2. The van der Waals surface area contributed by atoms with Crippen molar-refractivity contribution in [2.24, 2.45) is 0 Å². The van der Waals surface area contributed by atoms with Crippen molar-refractivity contribution in [3.05, 3.63) is 48.3 Å². The van der Waals surface area contributed by atoms with Gasteiger partial charge in [-0.05, 0) is 30.7 Å². The minimum Gasteiger partial charge on any atom is -0.398 e. The maximum atomic E-state index is 12.2. The van der Waals surface area contributed by atoms with Crippen LogP contribution in [0.15, 0.2) is 42.7 Å². The van der Waals surface area contributed by atoms with Crippen molar-refractivity contribution in [3.63, 3.8) is 0 Å². The molecule has 1 aromatic carbocycles. The molecule has 0 bridgehead atoms. The standard InChI is InChI=1S/C14H14N4O/c15-12-4-1-5-13-11(12)6-8-18(13)14(19)17-10-3-2-7-16-9-10/h1-5,7,9H,6,8,15H2,(H,17,19). The van der Waals surface area contributed by atoms with E-state index in [0.29, 0.717) is 12.2 Å². The number of carbonyl (C=O) groups excluding carboxylic acids is 1. The van der Waals surface area contributed by atoms with Crippen LogP contribution in [0.5, 0.6) is 0 Å². The highest BCUT2D eigenvalue weighted by atomic mass is 16.2. The molecule has 1 aromatic heterocycles. The lowest BCUT2D eigenvalue weighted by molar-refractivity contribution is 0.257. The third-order valence-corrected chi connectivity index (χ3v) is 3.22. The lowest BCUT2D eigenvalue weighted by Crippen LogP contribution is -2.33. The van der Waals surface area contributed by atoms with E-state index >= 15 is 0 Å². The van der Waals surface area contributed by atoms with Gasteiger partial charge in [0.25, 0.3) is 0 Å². The zero-order valence-electron chi connectivity index (χ0n) is 10.3. The third-order valence-electron chi connectivity index (χ3n) is 3.22. The van der Waals surface area contributed by atoms with Gasteiger partial charge in [0.2, 0.25) is 0 Å².